The van der Waals surface area contributed by atoms with Gasteiger partial charge in [-0.05, 0) is 12.1 Å². The topological polar surface area (TPSA) is 96.2 Å². The van der Waals surface area contributed by atoms with Gasteiger partial charge in [-0.15, -0.1) is 0 Å². The number of carbonyl (C=O) groups is 3. The average Bonchev–Trinajstić information content (AvgIpc) is 2.50. The normalized spacial score (nSPS) is 19.1. The average molecular weight is 307 g/mol. The molecule has 1 fully saturated rings. The van der Waals surface area contributed by atoms with E-state index in [1.165, 1.54) is 25.9 Å². The second kappa shape index (κ2) is 6.04. The molecule has 2 rings (SSSR count). The molecule has 1 aromatic rings. The first kappa shape index (κ1) is 15.2. The van der Waals surface area contributed by atoms with Crippen molar-refractivity contribution < 1.29 is 19.8 Å². The Balaban J connectivity index is 2.09. The van der Waals surface area contributed by atoms with Crippen LogP contribution in [0.3, 0.4) is 0 Å². The molecule has 7 nitrogen and oxygen atoms in total. The predicted molar refractivity (Wildman–Crippen MR) is 76.3 cm³/mol. The lowest BCUT2D eigenvalue weighted by Gasteiger charge is -2.28. The molecule has 2 N–H and O–H groups in total. The van der Waals surface area contributed by atoms with Crippen LogP contribution in [0.4, 0.5) is 4.79 Å². The molecule has 1 aromatic heterocycles. The molecule has 0 bridgehead atoms. The number of ketones is 1. The molecule has 0 aromatic carbocycles. The Labute approximate surface area is 125 Å². The molecule has 1 aliphatic rings. The number of nitrogens with zero attached hydrogens (tertiary/aromatic N) is 3. The number of rotatable bonds is 4. The third kappa shape index (κ3) is 2.94. The molecular weight excluding hydrogens is 292 g/mol. The Kier molecular flexibility index (Phi) is 4.37. The zero-order chi connectivity index (χ0) is 15.6. The third-order valence-electron chi connectivity index (χ3n) is 3.16. The first-order valence-corrected chi connectivity index (χ1v) is 7.16. The summed E-state index contributed by atoms with van der Waals surface area (Å²) in [7, 11) is 2.77. The fraction of sp³-hybridized carbons (Fsp3) is 0.308. The highest BCUT2D eigenvalue weighted by molar-refractivity contribution is 7.99. The van der Waals surface area contributed by atoms with E-state index in [-0.39, 0.29) is 17.4 Å². The number of nitrogens with two attached hydrogens (primary N) is 1. The van der Waals surface area contributed by atoms with Gasteiger partial charge in [0, 0.05) is 13.2 Å². The standard InChI is InChI=1S/C13H14N4O3S/c1-16-11(14)10(12(19)17(2)13(16)20)8(18)7-21-9-5-3-4-6-15-9/h3-6,10,14H,7H2,1-2H3/p+1. The Morgan fingerprint density at radius 2 is 2.05 bits per heavy atom. The number of hydrogen-bond acceptors (Lipinski definition) is 5. The number of Topliss-reactive ketones (excluding diaryl/α,β-unsaturated/α-hetero) is 1. The molecule has 2 heterocycles. The summed E-state index contributed by atoms with van der Waals surface area (Å²) in [5, 5.41) is 6.45. The van der Waals surface area contributed by atoms with E-state index in [9.17, 15) is 14.4 Å². The molecule has 0 aliphatic carbocycles. The van der Waals surface area contributed by atoms with Crippen LogP contribution in [0.25, 0.3) is 0 Å². The maximum atomic E-state index is 12.3. The number of amides is 3. The second-order valence-electron chi connectivity index (χ2n) is 4.52. The third-order valence-corrected chi connectivity index (χ3v) is 4.12. The number of urea groups is 1. The van der Waals surface area contributed by atoms with Gasteiger partial charge in [-0.1, -0.05) is 17.8 Å². The van der Waals surface area contributed by atoms with Crippen molar-refractivity contribution >= 4 is 35.3 Å². The fourth-order valence-corrected chi connectivity index (χ4v) is 2.67. The highest BCUT2D eigenvalue weighted by Gasteiger charge is 2.49. The maximum absolute atomic E-state index is 12.3. The highest BCUT2D eigenvalue weighted by Crippen LogP contribution is 2.20. The predicted octanol–water partition coefficient (Wildman–Crippen LogP) is -0.960. The van der Waals surface area contributed by atoms with Crippen molar-refractivity contribution in [1.82, 2.24) is 14.8 Å². The van der Waals surface area contributed by atoms with Crippen LogP contribution in [-0.2, 0) is 9.59 Å². The quantitative estimate of drug-likeness (QED) is 0.571. The van der Waals surface area contributed by atoms with Crippen LogP contribution in [0, 0.1) is 5.92 Å². The number of hydrogen-bond donors (Lipinski definition) is 1. The van der Waals surface area contributed by atoms with Crippen molar-refractivity contribution in [2.45, 2.75) is 5.03 Å². The van der Waals surface area contributed by atoms with Crippen molar-refractivity contribution in [1.29, 1.82) is 0 Å². The zero-order valence-corrected chi connectivity index (χ0v) is 12.5. The van der Waals surface area contributed by atoms with Crippen LogP contribution < -0.4 is 5.41 Å². The van der Waals surface area contributed by atoms with E-state index < -0.39 is 17.9 Å². The summed E-state index contributed by atoms with van der Waals surface area (Å²) >= 11 is 1.23. The van der Waals surface area contributed by atoms with Crippen LogP contribution >= 0.6 is 11.8 Å². The molecule has 1 aliphatic heterocycles. The first-order valence-electron chi connectivity index (χ1n) is 6.17. The number of pyridine rings is 1. The van der Waals surface area contributed by atoms with Gasteiger partial charge in [-0.3, -0.25) is 15.0 Å². The Hall–Kier alpha value is -2.22. The summed E-state index contributed by atoms with van der Waals surface area (Å²) in [6.45, 7) is 0. The lowest BCUT2D eigenvalue weighted by Crippen LogP contribution is -2.67. The number of thioether (sulfide) groups is 1. The summed E-state index contributed by atoms with van der Waals surface area (Å²) in [5.74, 6) is -2.03. The van der Waals surface area contributed by atoms with E-state index in [4.69, 9.17) is 5.41 Å². The van der Waals surface area contributed by atoms with Gasteiger partial charge in [-0.25, -0.2) is 14.7 Å². The molecule has 3 amide bonds. The molecule has 1 saturated heterocycles. The first-order chi connectivity index (χ1) is 9.93. The van der Waals surface area contributed by atoms with Gasteiger partial charge in [0.05, 0.1) is 17.8 Å². The number of amidine groups is 1. The van der Waals surface area contributed by atoms with Gasteiger partial charge in [0.1, 0.15) is 0 Å². The monoisotopic (exact) mass is 307 g/mol. The Bertz CT molecular complexity index is 581. The maximum Gasteiger partial charge on any atom is 0.417 e. The molecular formula is C13H15N4O3S+. The van der Waals surface area contributed by atoms with E-state index >= 15 is 0 Å². The van der Waals surface area contributed by atoms with Crippen LogP contribution in [0.1, 0.15) is 0 Å². The van der Waals surface area contributed by atoms with Gasteiger partial charge in [0.25, 0.3) is 11.7 Å². The summed E-state index contributed by atoms with van der Waals surface area (Å²) in [6, 6.07) is 4.82. The summed E-state index contributed by atoms with van der Waals surface area (Å²) in [5.41, 5.74) is 0. The fourth-order valence-electron chi connectivity index (χ4n) is 1.91. The number of aromatic nitrogens is 1. The van der Waals surface area contributed by atoms with E-state index in [0.29, 0.717) is 5.03 Å². The lowest BCUT2D eigenvalue weighted by atomic mass is 9.99. The second-order valence-corrected chi connectivity index (χ2v) is 5.52. The van der Waals surface area contributed by atoms with Crippen LogP contribution in [0.5, 0.6) is 0 Å². The molecule has 8 heteroatoms. The molecule has 0 radical (unpaired) electrons. The highest BCUT2D eigenvalue weighted by atomic mass is 32.2. The van der Waals surface area contributed by atoms with E-state index in [1.54, 1.807) is 18.3 Å². The summed E-state index contributed by atoms with van der Waals surface area (Å²) < 4.78 is 0. The zero-order valence-electron chi connectivity index (χ0n) is 11.6. The Morgan fingerprint density at radius 1 is 1.33 bits per heavy atom. The van der Waals surface area contributed by atoms with Gasteiger partial charge >= 0.3 is 6.03 Å². The summed E-state index contributed by atoms with van der Waals surface area (Å²) in [4.78, 5) is 42.1. The molecule has 1 atom stereocenters. The molecule has 1 unspecified atom stereocenters. The molecule has 0 saturated carbocycles. The molecule has 110 valence electrons. The van der Waals surface area contributed by atoms with Crippen LogP contribution in [0.2, 0.25) is 0 Å². The van der Waals surface area contributed by atoms with Crippen molar-refractivity contribution in [3.8, 4) is 0 Å². The minimum Gasteiger partial charge on any atom is -0.297 e. The van der Waals surface area contributed by atoms with Gasteiger partial charge in [0.15, 0.2) is 11.7 Å². The van der Waals surface area contributed by atoms with Crippen molar-refractivity contribution in [3.63, 3.8) is 0 Å². The van der Waals surface area contributed by atoms with Crippen molar-refractivity contribution in [3.05, 3.63) is 24.4 Å². The van der Waals surface area contributed by atoms with Gasteiger partial charge in [-0.2, -0.15) is 4.90 Å². The van der Waals surface area contributed by atoms with Crippen LogP contribution in [0.15, 0.2) is 29.4 Å². The minimum atomic E-state index is -1.12. The number of imide groups is 1. The van der Waals surface area contributed by atoms with Crippen molar-refractivity contribution in [2.75, 3.05) is 19.8 Å². The van der Waals surface area contributed by atoms with E-state index in [0.717, 1.165) is 9.80 Å². The minimum absolute atomic E-state index is 0.0327. The van der Waals surface area contributed by atoms with Crippen LogP contribution in [-0.4, -0.2) is 58.2 Å². The van der Waals surface area contributed by atoms with E-state index in [1.807, 2.05) is 6.07 Å². The molecule has 0 spiro atoms. The molecule has 21 heavy (non-hydrogen) atoms. The number of carbonyl (C=O) groups excluding carboxylic acids is 3. The smallest absolute Gasteiger partial charge is 0.297 e. The SMILES string of the molecule is CN1C(=[NH2+])C(C(=O)CSc2ccccn2)C(=O)N(C)C1=O. The summed E-state index contributed by atoms with van der Waals surface area (Å²) in [6.07, 6.45) is 1.62. The largest absolute Gasteiger partial charge is 0.417 e. The van der Waals surface area contributed by atoms with Crippen molar-refractivity contribution in [2.24, 2.45) is 5.92 Å². The van der Waals surface area contributed by atoms with E-state index in [2.05, 4.69) is 4.98 Å². The van der Waals surface area contributed by atoms with Gasteiger partial charge in [0.2, 0.25) is 0 Å². The Morgan fingerprint density at radius 3 is 2.67 bits per heavy atom. The van der Waals surface area contributed by atoms with Gasteiger partial charge < -0.3 is 0 Å². The lowest BCUT2D eigenvalue weighted by molar-refractivity contribution is -0.151.